The van der Waals surface area contributed by atoms with Gasteiger partial charge < -0.3 is 10.1 Å². The van der Waals surface area contributed by atoms with Crippen LogP contribution in [-0.2, 0) is 4.79 Å². The largest absolute Gasteiger partial charge is 0.493 e. The van der Waals surface area contributed by atoms with Gasteiger partial charge in [0.2, 0.25) is 5.91 Å². The molecule has 0 fully saturated rings. The number of hydrogen-bond donors (Lipinski definition) is 1. The lowest BCUT2D eigenvalue weighted by atomic mass is 9.92. The molecular formula is C18H17NO3. The summed E-state index contributed by atoms with van der Waals surface area (Å²) >= 11 is 0. The first kappa shape index (κ1) is 14.3. The number of amides is 1. The molecule has 0 saturated carbocycles. The molecule has 112 valence electrons. The maximum absolute atomic E-state index is 12.5. The summed E-state index contributed by atoms with van der Waals surface area (Å²) < 4.78 is 5.58. The molecule has 2 aromatic carbocycles. The van der Waals surface area contributed by atoms with E-state index in [1.54, 1.807) is 24.3 Å². The van der Waals surface area contributed by atoms with Crippen LogP contribution in [0.2, 0.25) is 0 Å². The number of ether oxygens (including phenoxy) is 1. The molecular weight excluding hydrogens is 278 g/mol. The number of anilines is 1. The van der Waals surface area contributed by atoms with E-state index in [1.165, 1.54) is 6.92 Å². The number of benzene rings is 2. The van der Waals surface area contributed by atoms with E-state index in [4.69, 9.17) is 4.74 Å². The Morgan fingerprint density at radius 2 is 1.82 bits per heavy atom. The van der Waals surface area contributed by atoms with Gasteiger partial charge in [0, 0.05) is 16.8 Å². The van der Waals surface area contributed by atoms with Crippen molar-refractivity contribution in [2.75, 3.05) is 11.9 Å². The quantitative estimate of drug-likeness (QED) is 0.883. The van der Waals surface area contributed by atoms with Crippen molar-refractivity contribution in [1.82, 2.24) is 0 Å². The van der Waals surface area contributed by atoms with E-state index in [0.29, 0.717) is 24.3 Å². The third kappa shape index (κ3) is 2.86. The van der Waals surface area contributed by atoms with Crippen molar-refractivity contribution < 1.29 is 14.3 Å². The van der Waals surface area contributed by atoms with E-state index in [-0.39, 0.29) is 17.6 Å². The summed E-state index contributed by atoms with van der Waals surface area (Å²) in [5.41, 5.74) is 2.25. The summed E-state index contributed by atoms with van der Waals surface area (Å²) in [6, 6.07) is 14.6. The van der Waals surface area contributed by atoms with Crippen LogP contribution in [0.4, 0.5) is 5.69 Å². The predicted octanol–water partition coefficient (Wildman–Crippen LogP) is 3.39. The SMILES string of the molecule is CC(=O)c1ccc(NC(=O)C2CCOc3ccccc32)cc1. The number of fused-ring (bicyclic) bond motifs is 1. The van der Waals surface area contributed by atoms with Crippen LogP contribution >= 0.6 is 0 Å². The van der Waals surface area contributed by atoms with E-state index in [2.05, 4.69) is 5.32 Å². The summed E-state index contributed by atoms with van der Waals surface area (Å²) in [5, 5.41) is 2.91. The Labute approximate surface area is 129 Å². The monoisotopic (exact) mass is 295 g/mol. The second kappa shape index (κ2) is 6.02. The molecule has 4 nitrogen and oxygen atoms in total. The smallest absolute Gasteiger partial charge is 0.232 e. The highest BCUT2D eigenvalue weighted by atomic mass is 16.5. The van der Waals surface area contributed by atoms with Crippen LogP contribution in [0.15, 0.2) is 48.5 Å². The predicted molar refractivity (Wildman–Crippen MR) is 84.4 cm³/mol. The van der Waals surface area contributed by atoms with E-state index < -0.39 is 0 Å². The Morgan fingerprint density at radius 1 is 1.09 bits per heavy atom. The van der Waals surface area contributed by atoms with Crippen molar-refractivity contribution in [2.24, 2.45) is 0 Å². The third-order valence-electron chi connectivity index (χ3n) is 3.83. The van der Waals surface area contributed by atoms with Crippen LogP contribution in [0.1, 0.15) is 35.2 Å². The third-order valence-corrected chi connectivity index (χ3v) is 3.83. The molecule has 4 heteroatoms. The highest BCUT2D eigenvalue weighted by Gasteiger charge is 2.27. The lowest BCUT2D eigenvalue weighted by Gasteiger charge is -2.25. The number of Topliss-reactive ketones (excluding diaryl/α,β-unsaturated/α-hetero) is 1. The summed E-state index contributed by atoms with van der Waals surface area (Å²) in [7, 11) is 0. The fraction of sp³-hybridized carbons (Fsp3) is 0.222. The number of ketones is 1. The van der Waals surface area contributed by atoms with Crippen molar-refractivity contribution in [3.63, 3.8) is 0 Å². The molecule has 0 radical (unpaired) electrons. The summed E-state index contributed by atoms with van der Waals surface area (Å²) in [6.07, 6.45) is 0.661. The van der Waals surface area contributed by atoms with Crippen LogP contribution in [0.25, 0.3) is 0 Å². The summed E-state index contributed by atoms with van der Waals surface area (Å²) in [5.74, 6) is 0.529. The van der Waals surface area contributed by atoms with Crippen molar-refractivity contribution in [1.29, 1.82) is 0 Å². The molecule has 1 aliphatic heterocycles. The number of para-hydroxylation sites is 1. The fourth-order valence-corrected chi connectivity index (χ4v) is 2.63. The molecule has 3 rings (SSSR count). The normalized spacial score (nSPS) is 16.3. The van der Waals surface area contributed by atoms with Gasteiger partial charge in [-0.15, -0.1) is 0 Å². The number of carbonyl (C=O) groups excluding carboxylic acids is 2. The first-order valence-corrected chi connectivity index (χ1v) is 7.29. The van der Waals surface area contributed by atoms with Gasteiger partial charge in [0.25, 0.3) is 0 Å². The molecule has 0 saturated heterocycles. The molecule has 2 aromatic rings. The van der Waals surface area contributed by atoms with Gasteiger partial charge in [-0.1, -0.05) is 18.2 Å². The molecule has 0 bridgehead atoms. The Kier molecular flexibility index (Phi) is 3.92. The lowest BCUT2D eigenvalue weighted by Crippen LogP contribution is -2.26. The van der Waals surface area contributed by atoms with E-state index in [0.717, 1.165) is 11.3 Å². The Bertz CT molecular complexity index is 707. The van der Waals surface area contributed by atoms with Crippen molar-refractivity contribution in [2.45, 2.75) is 19.3 Å². The number of rotatable bonds is 3. The van der Waals surface area contributed by atoms with Crippen molar-refractivity contribution >= 4 is 17.4 Å². The van der Waals surface area contributed by atoms with Gasteiger partial charge in [0.05, 0.1) is 12.5 Å². The Hall–Kier alpha value is -2.62. The van der Waals surface area contributed by atoms with Crippen molar-refractivity contribution in [3.8, 4) is 5.75 Å². The van der Waals surface area contributed by atoms with Gasteiger partial charge in [-0.2, -0.15) is 0 Å². The minimum Gasteiger partial charge on any atom is -0.493 e. The zero-order valence-corrected chi connectivity index (χ0v) is 12.3. The van der Waals surface area contributed by atoms with Gasteiger partial charge in [-0.05, 0) is 43.7 Å². The zero-order valence-electron chi connectivity index (χ0n) is 12.3. The van der Waals surface area contributed by atoms with E-state index in [1.807, 2.05) is 24.3 Å². The molecule has 1 atom stereocenters. The van der Waals surface area contributed by atoms with Crippen LogP contribution in [-0.4, -0.2) is 18.3 Å². The molecule has 22 heavy (non-hydrogen) atoms. The van der Waals surface area contributed by atoms with Gasteiger partial charge in [-0.3, -0.25) is 9.59 Å². The molecule has 1 aliphatic rings. The van der Waals surface area contributed by atoms with Crippen LogP contribution in [0, 0.1) is 0 Å². The molecule has 1 amide bonds. The van der Waals surface area contributed by atoms with E-state index >= 15 is 0 Å². The second-order valence-corrected chi connectivity index (χ2v) is 5.35. The number of hydrogen-bond acceptors (Lipinski definition) is 3. The van der Waals surface area contributed by atoms with Crippen LogP contribution in [0.5, 0.6) is 5.75 Å². The summed E-state index contributed by atoms with van der Waals surface area (Å²) in [4.78, 5) is 23.8. The molecule has 0 aliphatic carbocycles. The van der Waals surface area contributed by atoms with E-state index in [9.17, 15) is 9.59 Å². The number of carbonyl (C=O) groups is 2. The van der Waals surface area contributed by atoms with Crippen molar-refractivity contribution in [3.05, 3.63) is 59.7 Å². The molecule has 0 aromatic heterocycles. The Morgan fingerprint density at radius 3 is 2.55 bits per heavy atom. The lowest BCUT2D eigenvalue weighted by molar-refractivity contribution is -0.118. The fourth-order valence-electron chi connectivity index (χ4n) is 2.63. The average Bonchev–Trinajstić information content (AvgIpc) is 2.54. The highest BCUT2D eigenvalue weighted by Crippen LogP contribution is 2.34. The molecule has 1 heterocycles. The topological polar surface area (TPSA) is 55.4 Å². The molecule has 1 N–H and O–H groups in total. The van der Waals surface area contributed by atoms with Crippen LogP contribution in [0.3, 0.4) is 0 Å². The second-order valence-electron chi connectivity index (χ2n) is 5.35. The van der Waals surface area contributed by atoms with Gasteiger partial charge in [-0.25, -0.2) is 0 Å². The zero-order chi connectivity index (χ0) is 15.5. The first-order valence-electron chi connectivity index (χ1n) is 7.29. The van der Waals surface area contributed by atoms with Gasteiger partial charge in [0.1, 0.15) is 5.75 Å². The standard InChI is InChI=1S/C18H17NO3/c1-12(20)13-6-8-14(9-7-13)19-18(21)16-10-11-22-17-5-3-2-4-15(16)17/h2-9,16H,10-11H2,1H3,(H,19,21). The first-order chi connectivity index (χ1) is 10.6. The molecule has 0 spiro atoms. The maximum Gasteiger partial charge on any atom is 0.232 e. The minimum absolute atomic E-state index is 0.0104. The Balaban J connectivity index is 1.76. The highest BCUT2D eigenvalue weighted by molar-refractivity contribution is 5.98. The molecule has 1 unspecified atom stereocenters. The van der Waals surface area contributed by atoms with Gasteiger partial charge >= 0.3 is 0 Å². The number of nitrogens with one attached hydrogen (secondary N) is 1. The van der Waals surface area contributed by atoms with Crippen LogP contribution < -0.4 is 10.1 Å². The van der Waals surface area contributed by atoms with Gasteiger partial charge in [0.15, 0.2) is 5.78 Å². The summed E-state index contributed by atoms with van der Waals surface area (Å²) in [6.45, 7) is 2.06. The maximum atomic E-state index is 12.5. The minimum atomic E-state index is -0.211. The average molecular weight is 295 g/mol.